The zero-order chi connectivity index (χ0) is 23.0. The summed E-state index contributed by atoms with van der Waals surface area (Å²) < 4.78 is 43.7. The summed E-state index contributed by atoms with van der Waals surface area (Å²) in [5.74, 6) is -0.489. The number of piperidine rings is 1. The summed E-state index contributed by atoms with van der Waals surface area (Å²) in [6.07, 6.45) is 5.28. The van der Waals surface area contributed by atoms with Gasteiger partial charge in [-0.3, -0.25) is 4.79 Å². The van der Waals surface area contributed by atoms with Crippen LogP contribution in [0.5, 0.6) is 0 Å². The molecule has 2 heterocycles. The van der Waals surface area contributed by atoms with E-state index in [0.717, 1.165) is 37.8 Å². The Hall–Kier alpha value is -2.67. The molecule has 1 aromatic heterocycles. The number of rotatable bonds is 5. The number of aromatic nitrogens is 1. The molecule has 4 rings (SSSR count). The number of halogens is 1. The monoisotopic (exact) mass is 456 g/mol. The van der Waals surface area contributed by atoms with Crippen LogP contribution in [0.2, 0.25) is 0 Å². The quantitative estimate of drug-likeness (QED) is 0.538. The Morgan fingerprint density at radius 1 is 1.16 bits per heavy atom. The molecule has 1 aliphatic heterocycles. The van der Waals surface area contributed by atoms with Crippen molar-refractivity contribution in [3.8, 4) is 0 Å². The second-order valence-corrected chi connectivity index (χ2v) is 10.6. The summed E-state index contributed by atoms with van der Waals surface area (Å²) in [5, 5.41) is 0.0955. The number of nitrogens with zero attached hydrogens (tertiary/aromatic N) is 2. The first-order valence-electron chi connectivity index (χ1n) is 11.2. The first-order chi connectivity index (χ1) is 15.2. The Morgan fingerprint density at radius 3 is 2.62 bits per heavy atom. The van der Waals surface area contributed by atoms with Crippen molar-refractivity contribution in [2.75, 3.05) is 11.4 Å². The zero-order valence-electron chi connectivity index (χ0n) is 18.8. The van der Waals surface area contributed by atoms with E-state index in [1.54, 1.807) is 35.8 Å². The van der Waals surface area contributed by atoms with E-state index >= 15 is 4.39 Å². The molecular weight excluding hydrogens is 427 g/mol. The second-order valence-electron chi connectivity index (χ2n) is 8.69. The minimum absolute atomic E-state index is 0.0660. The van der Waals surface area contributed by atoms with Crippen LogP contribution in [0.3, 0.4) is 0 Å². The minimum Gasteiger partial charge on any atom is -0.366 e. The molecule has 32 heavy (non-hydrogen) atoms. The second kappa shape index (κ2) is 8.70. The van der Waals surface area contributed by atoms with Gasteiger partial charge >= 0.3 is 0 Å². The maximum absolute atomic E-state index is 15.2. The lowest BCUT2D eigenvalue weighted by atomic mass is 10.0. The molecule has 1 unspecified atom stereocenters. The summed E-state index contributed by atoms with van der Waals surface area (Å²) in [6, 6.07) is 9.63. The number of pyridine rings is 1. The van der Waals surface area contributed by atoms with Gasteiger partial charge in [-0.25, -0.2) is 12.8 Å². The van der Waals surface area contributed by atoms with Gasteiger partial charge in [-0.05, 0) is 69.4 Å². The Kier molecular flexibility index (Phi) is 6.12. The fraction of sp³-hybridized carbons (Fsp3) is 0.400. The van der Waals surface area contributed by atoms with Crippen molar-refractivity contribution in [2.45, 2.75) is 68.8 Å². The molecule has 3 aromatic rings. The molecule has 0 spiro atoms. The first-order valence-corrected chi connectivity index (χ1v) is 12.7. The van der Waals surface area contributed by atoms with E-state index in [4.69, 9.17) is 0 Å². The van der Waals surface area contributed by atoms with Crippen molar-refractivity contribution in [1.82, 2.24) is 4.57 Å². The molecule has 0 N–H and O–H groups in total. The maximum atomic E-state index is 15.2. The molecule has 170 valence electrons. The molecule has 2 aromatic carbocycles. The van der Waals surface area contributed by atoms with E-state index in [2.05, 4.69) is 11.8 Å². The van der Waals surface area contributed by atoms with E-state index < -0.39 is 21.1 Å². The van der Waals surface area contributed by atoms with Crippen LogP contribution >= 0.6 is 0 Å². The molecule has 5 nitrogen and oxygen atoms in total. The van der Waals surface area contributed by atoms with Gasteiger partial charge in [-0.2, -0.15) is 0 Å². The SMILES string of the molecule is CCCn1cc(S(=O)(=O)c2cccc(C)c2)c(=O)c2cc(F)c(N3CCCCC3C)cc21. The highest BCUT2D eigenvalue weighted by atomic mass is 32.2. The lowest BCUT2D eigenvalue weighted by Crippen LogP contribution is -2.38. The molecule has 1 atom stereocenters. The predicted octanol–water partition coefficient (Wildman–Crippen LogP) is 5.07. The third kappa shape index (κ3) is 3.94. The number of hydrogen-bond donors (Lipinski definition) is 0. The fourth-order valence-electron chi connectivity index (χ4n) is 4.58. The third-order valence-electron chi connectivity index (χ3n) is 6.28. The van der Waals surface area contributed by atoms with Crippen LogP contribution in [0, 0.1) is 12.7 Å². The van der Waals surface area contributed by atoms with Crippen LogP contribution in [-0.2, 0) is 16.4 Å². The van der Waals surface area contributed by atoms with Gasteiger partial charge in [0.2, 0.25) is 15.3 Å². The molecule has 0 radical (unpaired) electrons. The van der Waals surface area contributed by atoms with Crippen molar-refractivity contribution < 1.29 is 12.8 Å². The summed E-state index contributed by atoms with van der Waals surface area (Å²) >= 11 is 0. The predicted molar refractivity (Wildman–Crippen MR) is 126 cm³/mol. The van der Waals surface area contributed by atoms with Gasteiger partial charge in [-0.15, -0.1) is 0 Å². The van der Waals surface area contributed by atoms with Gasteiger partial charge in [0.15, 0.2) is 0 Å². The largest absolute Gasteiger partial charge is 0.366 e. The molecule has 1 fully saturated rings. The summed E-state index contributed by atoms with van der Waals surface area (Å²) in [7, 11) is -4.04. The molecule has 0 aliphatic carbocycles. The summed E-state index contributed by atoms with van der Waals surface area (Å²) in [6.45, 7) is 7.15. The highest BCUT2D eigenvalue weighted by molar-refractivity contribution is 7.91. The lowest BCUT2D eigenvalue weighted by Gasteiger charge is -2.35. The van der Waals surface area contributed by atoms with Gasteiger partial charge in [-0.1, -0.05) is 19.1 Å². The zero-order valence-corrected chi connectivity index (χ0v) is 19.6. The summed E-state index contributed by atoms with van der Waals surface area (Å²) in [5.41, 5.74) is 1.16. The van der Waals surface area contributed by atoms with E-state index in [-0.39, 0.29) is 21.2 Å². The van der Waals surface area contributed by atoms with Crippen LogP contribution in [0.4, 0.5) is 10.1 Å². The minimum atomic E-state index is -4.04. The van der Waals surface area contributed by atoms with E-state index in [1.165, 1.54) is 18.3 Å². The smallest absolute Gasteiger partial charge is 0.211 e. The Morgan fingerprint density at radius 2 is 1.94 bits per heavy atom. The highest BCUT2D eigenvalue weighted by Gasteiger charge is 2.26. The lowest BCUT2D eigenvalue weighted by molar-refractivity contribution is 0.476. The molecular formula is C25H29FN2O3S. The van der Waals surface area contributed by atoms with E-state index in [9.17, 15) is 13.2 Å². The van der Waals surface area contributed by atoms with Crippen LogP contribution in [0.15, 0.2) is 57.2 Å². The third-order valence-corrected chi connectivity index (χ3v) is 8.03. The van der Waals surface area contributed by atoms with Gasteiger partial charge < -0.3 is 9.47 Å². The van der Waals surface area contributed by atoms with Crippen molar-refractivity contribution >= 4 is 26.4 Å². The number of hydrogen-bond acceptors (Lipinski definition) is 4. The van der Waals surface area contributed by atoms with E-state index in [0.29, 0.717) is 17.7 Å². The standard InChI is InChI=1S/C25H29FN2O3S/c1-4-11-27-16-24(32(30,31)19-10-7-8-17(2)13-19)25(29)20-14-21(26)23(15-22(20)27)28-12-6-5-9-18(28)3/h7-8,10,13-16,18H,4-6,9,11-12H2,1-3H3. The first kappa shape index (κ1) is 22.5. The van der Waals surface area contributed by atoms with Gasteiger partial charge in [0.25, 0.3) is 0 Å². The van der Waals surface area contributed by atoms with Gasteiger partial charge in [0, 0.05) is 25.3 Å². The number of benzene rings is 2. The molecule has 0 amide bonds. The van der Waals surface area contributed by atoms with Crippen molar-refractivity contribution in [3.63, 3.8) is 0 Å². The number of fused-ring (bicyclic) bond motifs is 1. The topological polar surface area (TPSA) is 59.4 Å². The number of aryl methyl sites for hydroxylation is 2. The van der Waals surface area contributed by atoms with Crippen molar-refractivity contribution in [3.05, 3.63) is 64.2 Å². The van der Waals surface area contributed by atoms with Gasteiger partial charge in [0.05, 0.1) is 21.5 Å². The number of anilines is 1. The normalized spacial score (nSPS) is 17.1. The van der Waals surface area contributed by atoms with Crippen LogP contribution in [0.25, 0.3) is 10.9 Å². The summed E-state index contributed by atoms with van der Waals surface area (Å²) in [4.78, 5) is 15.1. The fourth-order valence-corrected chi connectivity index (χ4v) is 6.05. The van der Waals surface area contributed by atoms with Crippen LogP contribution in [0.1, 0.15) is 45.1 Å². The molecule has 1 aliphatic rings. The molecule has 1 saturated heterocycles. The van der Waals surface area contributed by atoms with E-state index in [1.807, 2.05) is 6.92 Å². The van der Waals surface area contributed by atoms with Gasteiger partial charge in [0.1, 0.15) is 10.7 Å². The Balaban J connectivity index is 1.95. The Bertz CT molecular complexity index is 1330. The van der Waals surface area contributed by atoms with Crippen molar-refractivity contribution in [2.24, 2.45) is 0 Å². The van der Waals surface area contributed by atoms with Crippen molar-refractivity contribution in [1.29, 1.82) is 0 Å². The maximum Gasteiger partial charge on any atom is 0.211 e. The average molecular weight is 457 g/mol. The van der Waals surface area contributed by atoms with Crippen LogP contribution in [-0.4, -0.2) is 25.6 Å². The molecule has 0 saturated carbocycles. The highest BCUT2D eigenvalue weighted by Crippen LogP contribution is 2.31. The Labute approximate surface area is 188 Å². The molecule has 7 heteroatoms. The van der Waals surface area contributed by atoms with Crippen LogP contribution < -0.4 is 10.3 Å². The number of sulfone groups is 1. The molecule has 0 bridgehead atoms. The average Bonchev–Trinajstić information content (AvgIpc) is 2.76.